The molecule has 4 rings (SSSR count). The molecule has 2 N–H and O–H groups in total. The Morgan fingerprint density at radius 3 is 2.32 bits per heavy atom. The zero-order chi connectivity index (χ0) is 24.2. The second-order valence-corrected chi connectivity index (χ2v) is 7.96. The molecular weight excluding hydrogens is 447 g/mol. The topological polar surface area (TPSA) is 79.4 Å². The summed E-state index contributed by atoms with van der Waals surface area (Å²) in [7, 11) is 0.988. The van der Waals surface area contributed by atoms with Gasteiger partial charge in [-0.15, -0.1) is 0 Å². The number of piperidine rings is 1. The van der Waals surface area contributed by atoms with Crippen LogP contribution in [0.5, 0.6) is 5.75 Å². The predicted octanol–water partition coefficient (Wildman–Crippen LogP) is 5.20. The SMILES string of the molecule is COc1c(F)c(F)cc(C(=O)Nc2ccc(Nc3nc(C)cc(N4CCCCC4)n3)cc2)c1F. The van der Waals surface area contributed by atoms with Crippen molar-refractivity contribution in [2.24, 2.45) is 0 Å². The Balaban J connectivity index is 1.47. The summed E-state index contributed by atoms with van der Waals surface area (Å²) in [6.07, 6.45) is 3.51. The van der Waals surface area contributed by atoms with Crippen LogP contribution in [0.3, 0.4) is 0 Å². The molecule has 178 valence electrons. The van der Waals surface area contributed by atoms with E-state index in [1.54, 1.807) is 24.3 Å². The van der Waals surface area contributed by atoms with E-state index in [9.17, 15) is 18.0 Å². The van der Waals surface area contributed by atoms with Gasteiger partial charge in [0.15, 0.2) is 17.4 Å². The van der Waals surface area contributed by atoms with Crippen LogP contribution in [0.25, 0.3) is 0 Å². The molecule has 0 radical (unpaired) electrons. The summed E-state index contributed by atoms with van der Waals surface area (Å²) in [4.78, 5) is 23.7. The third-order valence-corrected chi connectivity index (χ3v) is 5.48. The van der Waals surface area contributed by atoms with Gasteiger partial charge in [0, 0.05) is 36.2 Å². The molecule has 2 heterocycles. The molecule has 2 aromatic carbocycles. The Labute approximate surface area is 195 Å². The van der Waals surface area contributed by atoms with Gasteiger partial charge in [0.2, 0.25) is 11.8 Å². The molecule has 0 aliphatic carbocycles. The smallest absolute Gasteiger partial charge is 0.258 e. The molecule has 0 bridgehead atoms. The average molecular weight is 471 g/mol. The lowest BCUT2D eigenvalue weighted by Crippen LogP contribution is -2.30. The number of halogens is 3. The first kappa shape index (κ1) is 23.3. The van der Waals surface area contributed by atoms with E-state index in [1.165, 1.54) is 6.42 Å². The average Bonchev–Trinajstić information content (AvgIpc) is 2.83. The summed E-state index contributed by atoms with van der Waals surface area (Å²) in [5, 5.41) is 5.61. The number of carbonyl (C=O) groups excluding carboxylic acids is 1. The Kier molecular flexibility index (Phi) is 6.85. The molecule has 0 atom stereocenters. The van der Waals surface area contributed by atoms with Crippen LogP contribution in [-0.2, 0) is 0 Å². The second kappa shape index (κ2) is 9.98. The fraction of sp³-hybridized carbons (Fsp3) is 0.292. The fourth-order valence-corrected chi connectivity index (χ4v) is 3.78. The quantitative estimate of drug-likeness (QED) is 0.482. The molecule has 1 fully saturated rings. The minimum absolute atomic E-state index is 0.331. The number of ether oxygens (including phenoxy) is 1. The maximum Gasteiger partial charge on any atom is 0.258 e. The van der Waals surface area contributed by atoms with Gasteiger partial charge in [-0.1, -0.05) is 0 Å². The molecule has 1 aliphatic heterocycles. The summed E-state index contributed by atoms with van der Waals surface area (Å²) in [5.41, 5.74) is 1.17. The molecule has 0 spiro atoms. The van der Waals surface area contributed by atoms with Crippen LogP contribution in [0.4, 0.5) is 36.3 Å². The van der Waals surface area contributed by atoms with Gasteiger partial charge in [-0.05, 0) is 56.5 Å². The highest BCUT2D eigenvalue weighted by atomic mass is 19.2. The number of hydrogen-bond donors (Lipinski definition) is 2. The minimum Gasteiger partial charge on any atom is -0.491 e. The zero-order valence-electron chi connectivity index (χ0n) is 18.8. The molecule has 1 amide bonds. The van der Waals surface area contributed by atoms with Gasteiger partial charge in [-0.25, -0.2) is 13.8 Å². The standard InChI is InChI=1S/C24H24F3N5O2/c1-14-12-19(32-10-4-3-5-11-32)31-24(28-14)30-16-8-6-15(7-9-16)29-23(33)17-13-18(25)21(27)22(34-2)20(17)26/h6-9,12-13H,3-5,10-11H2,1-2H3,(H,29,33)(H,28,30,31). The Morgan fingerprint density at radius 1 is 0.971 bits per heavy atom. The van der Waals surface area contributed by atoms with E-state index in [2.05, 4.69) is 30.2 Å². The van der Waals surface area contributed by atoms with Gasteiger partial charge in [0.1, 0.15) is 5.82 Å². The monoisotopic (exact) mass is 471 g/mol. The largest absolute Gasteiger partial charge is 0.491 e. The third kappa shape index (κ3) is 5.05. The number of rotatable bonds is 6. The van der Waals surface area contributed by atoms with Crippen molar-refractivity contribution in [1.29, 1.82) is 0 Å². The molecular formula is C24H24F3N5O2. The van der Waals surface area contributed by atoms with E-state index in [-0.39, 0.29) is 0 Å². The van der Waals surface area contributed by atoms with Crippen molar-refractivity contribution in [3.05, 3.63) is 65.1 Å². The highest BCUT2D eigenvalue weighted by Gasteiger charge is 2.23. The minimum atomic E-state index is -1.49. The van der Waals surface area contributed by atoms with Gasteiger partial charge in [0.25, 0.3) is 5.91 Å². The number of aromatic nitrogens is 2. The van der Waals surface area contributed by atoms with E-state index in [4.69, 9.17) is 0 Å². The van der Waals surface area contributed by atoms with Crippen molar-refractivity contribution >= 4 is 29.0 Å². The van der Waals surface area contributed by atoms with Crippen LogP contribution < -0.4 is 20.3 Å². The number of nitrogens with one attached hydrogen (secondary N) is 2. The predicted molar refractivity (Wildman–Crippen MR) is 123 cm³/mol. The van der Waals surface area contributed by atoms with Crippen molar-refractivity contribution in [1.82, 2.24) is 9.97 Å². The molecule has 3 aromatic rings. The zero-order valence-corrected chi connectivity index (χ0v) is 18.8. The molecule has 7 nitrogen and oxygen atoms in total. The van der Waals surface area contributed by atoms with Crippen molar-refractivity contribution in [3.8, 4) is 5.75 Å². The first-order valence-electron chi connectivity index (χ1n) is 10.9. The number of methoxy groups -OCH3 is 1. The molecule has 0 unspecified atom stereocenters. The molecule has 10 heteroatoms. The summed E-state index contributed by atoms with van der Waals surface area (Å²) < 4.78 is 46.2. The first-order valence-corrected chi connectivity index (χ1v) is 10.9. The van der Waals surface area contributed by atoms with Crippen molar-refractivity contribution in [2.75, 3.05) is 35.7 Å². The Bertz CT molecular complexity index is 1200. The van der Waals surface area contributed by atoms with Crippen LogP contribution in [0, 0.1) is 24.4 Å². The van der Waals surface area contributed by atoms with E-state index < -0.39 is 34.7 Å². The fourth-order valence-electron chi connectivity index (χ4n) is 3.78. The first-order chi connectivity index (χ1) is 16.4. The summed E-state index contributed by atoms with van der Waals surface area (Å²) in [5.74, 6) is -4.72. The van der Waals surface area contributed by atoms with E-state index in [0.29, 0.717) is 23.4 Å². The van der Waals surface area contributed by atoms with E-state index in [1.807, 2.05) is 13.0 Å². The lowest BCUT2D eigenvalue weighted by molar-refractivity contribution is 0.102. The van der Waals surface area contributed by atoms with Gasteiger partial charge in [0.05, 0.1) is 12.7 Å². The summed E-state index contributed by atoms with van der Waals surface area (Å²) >= 11 is 0. The van der Waals surface area contributed by atoms with Gasteiger partial charge < -0.3 is 20.3 Å². The van der Waals surface area contributed by atoms with Crippen molar-refractivity contribution in [3.63, 3.8) is 0 Å². The second-order valence-electron chi connectivity index (χ2n) is 7.96. The summed E-state index contributed by atoms with van der Waals surface area (Å²) in [6.45, 7) is 3.84. The van der Waals surface area contributed by atoms with Crippen LogP contribution >= 0.6 is 0 Å². The van der Waals surface area contributed by atoms with Crippen LogP contribution in [0.2, 0.25) is 0 Å². The summed E-state index contributed by atoms with van der Waals surface area (Å²) in [6, 6.07) is 8.98. The number of carbonyl (C=O) groups is 1. The van der Waals surface area contributed by atoms with E-state index in [0.717, 1.165) is 44.6 Å². The van der Waals surface area contributed by atoms with Gasteiger partial charge in [-0.3, -0.25) is 4.79 Å². The normalized spacial score (nSPS) is 13.5. The number of amides is 1. The molecule has 0 saturated carbocycles. The maximum absolute atomic E-state index is 14.4. The number of aryl methyl sites for hydroxylation is 1. The van der Waals surface area contributed by atoms with Gasteiger partial charge >= 0.3 is 0 Å². The highest BCUT2D eigenvalue weighted by molar-refractivity contribution is 6.04. The third-order valence-electron chi connectivity index (χ3n) is 5.48. The molecule has 1 saturated heterocycles. The lowest BCUT2D eigenvalue weighted by atomic mass is 10.1. The number of hydrogen-bond acceptors (Lipinski definition) is 6. The number of nitrogens with zero attached hydrogens (tertiary/aromatic N) is 3. The Morgan fingerprint density at radius 2 is 1.65 bits per heavy atom. The van der Waals surface area contributed by atoms with Crippen LogP contribution in [0.15, 0.2) is 36.4 Å². The lowest BCUT2D eigenvalue weighted by Gasteiger charge is -2.28. The van der Waals surface area contributed by atoms with E-state index >= 15 is 0 Å². The maximum atomic E-state index is 14.4. The molecule has 1 aromatic heterocycles. The Hall–Kier alpha value is -3.82. The molecule has 1 aliphatic rings. The van der Waals surface area contributed by atoms with Crippen molar-refractivity contribution in [2.45, 2.75) is 26.2 Å². The van der Waals surface area contributed by atoms with Crippen LogP contribution in [-0.4, -0.2) is 36.1 Å². The van der Waals surface area contributed by atoms with Crippen molar-refractivity contribution < 1.29 is 22.7 Å². The number of benzene rings is 2. The van der Waals surface area contributed by atoms with Crippen LogP contribution in [0.1, 0.15) is 35.3 Å². The number of anilines is 4. The molecule has 34 heavy (non-hydrogen) atoms. The van der Waals surface area contributed by atoms with Gasteiger partial charge in [-0.2, -0.15) is 9.37 Å². The highest BCUT2D eigenvalue weighted by Crippen LogP contribution is 2.28.